The lowest BCUT2D eigenvalue weighted by Crippen LogP contribution is -2.32. The van der Waals surface area contributed by atoms with Crippen LogP contribution in [-0.4, -0.2) is 27.6 Å². The normalized spacial score (nSPS) is 16.0. The zero-order chi connectivity index (χ0) is 24.5. The van der Waals surface area contributed by atoms with Crippen molar-refractivity contribution in [2.24, 2.45) is 0 Å². The number of halogens is 2. The number of para-hydroxylation sites is 1. The first-order valence-electron chi connectivity index (χ1n) is 10.8. The molecule has 176 valence electrons. The number of hydrogen-bond donors (Lipinski definition) is 0. The summed E-state index contributed by atoms with van der Waals surface area (Å²) in [7, 11) is 0. The van der Waals surface area contributed by atoms with E-state index in [9.17, 15) is 9.59 Å². The standard InChI is InChI=1S/C26H18Cl2N2O2S3/c27-17-11-12-22-20(15-17)30(19-8-3-4-9-21(19)34-22)24(31)10-5-13-29-25(32)23(35-26(29)33)14-16-6-1-2-7-18(16)28/h1-4,6-9,11-12,14-15H,5,10,13H2. The van der Waals surface area contributed by atoms with Crippen LogP contribution in [0.25, 0.3) is 6.08 Å². The largest absolute Gasteiger partial charge is 0.293 e. The molecule has 2 aliphatic heterocycles. The molecule has 35 heavy (non-hydrogen) atoms. The number of rotatable bonds is 5. The molecule has 0 atom stereocenters. The van der Waals surface area contributed by atoms with Gasteiger partial charge < -0.3 is 0 Å². The van der Waals surface area contributed by atoms with E-state index in [4.69, 9.17) is 35.4 Å². The number of carbonyl (C=O) groups excluding carboxylic acids is 2. The van der Waals surface area contributed by atoms with Crippen molar-refractivity contribution in [2.45, 2.75) is 22.6 Å². The van der Waals surface area contributed by atoms with Crippen molar-refractivity contribution in [2.75, 3.05) is 11.4 Å². The molecule has 3 aromatic rings. The van der Waals surface area contributed by atoms with Crippen molar-refractivity contribution in [3.8, 4) is 0 Å². The summed E-state index contributed by atoms with van der Waals surface area (Å²) in [5.41, 5.74) is 2.38. The SMILES string of the molecule is O=C1C(=Cc2ccccc2Cl)SC(=S)N1CCCC(=O)N1c2ccccc2Sc2ccc(Cl)cc21. The zero-order valence-corrected chi connectivity index (χ0v) is 22.2. The van der Waals surface area contributed by atoms with Gasteiger partial charge in [0.15, 0.2) is 0 Å². The quantitative estimate of drug-likeness (QED) is 0.237. The molecule has 0 saturated carbocycles. The van der Waals surface area contributed by atoms with Crippen LogP contribution in [-0.2, 0) is 9.59 Å². The molecule has 0 spiro atoms. The average Bonchev–Trinajstić information content (AvgIpc) is 3.11. The van der Waals surface area contributed by atoms with E-state index in [1.165, 1.54) is 11.8 Å². The summed E-state index contributed by atoms with van der Waals surface area (Å²) < 4.78 is 0.484. The first-order chi connectivity index (χ1) is 16.9. The van der Waals surface area contributed by atoms with Crippen molar-refractivity contribution in [1.29, 1.82) is 0 Å². The van der Waals surface area contributed by atoms with Crippen LogP contribution < -0.4 is 4.90 Å². The van der Waals surface area contributed by atoms with Gasteiger partial charge in [-0.3, -0.25) is 19.4 Å². The molecule has 0 bridgehead atoms. The third-order valence-electron chi connectivity index (χ3n) is 5.58. The van der Waals surface area contributed by atoms with E-state index < -0.39 is 0 Å². The molecule has 1 fully saturated rings. The van der Waals surface area contributed by atoms with E-state index in [2.05, 4.69) is 0 Å². The van der Waals surface area contributed by atoms with Gasteiger partial charge in [0, 0.05) is 32.8 Å². The third-order valence-corrected chi connectivity index (χ3v) is 8.66. The highest BCUT2D eigenvalue weighted by Crippen LogP contribution is 2.49. The molecule has 2 amide bonds. The maximum absolute atomic E-state index is 13.4. The predicted molar refractivity (Wildman–Crippen MR) is 150 cm³/mol. The van der Waals surface area contributed by atoms with Gasteiger partial charge >= 0.3 is 0 Å². The summed E-state index contributed by atoms with van der Waals surface area (Å²) in [5, 5.41) is 1.15. The second kappa shape index (κ2) is 10.4. The average molecular weight is 558 g/mol. The maximum Gasteiger partial charge on any atom is 0.266 e. The van der Waals surface area contributed by atoms with E-state index >= 15 is 0 Å². The van der Waals surface area contributed by atoms with Gasteiger partial charge in [-0.2, -0.15) is 0 Å². The Labute approximate surface area is 227 Å². The van der Waals surface area contributed by atoms with Gasteiger partial charge in [0.1, 0.15) is 4.32 Å². The molecule has 2 heterocycles. The molecule has 0 N–H and O–H groups in total. The second-order valence-electron chi connectivity index (χ2n) is 7.87. The molecule has 3 aromatic carbocycles. The summed E-state index contributed by atoms with van der Waals surface area (Å²) in [6.07, 6.45) is 2.49. The van der Waals surface area contributed by atoms with Crippen LogP contribution in [0.5, 0.6) is 0 Å². The highest BCUT2D eigenvalue weighted by Gasteiger charge is 2.33. The summed E-state index contributed by atoms with van der Waals surface area (Å²) >= 11 is 20.8. The van der Waals surface area contributed by atoms with Crippen LogP contribution in [0, 0.1) is 0 Å². The number of carbonyl (C=O) groups is 2. The maximum atomic E-state index is 13.4. The summed E-state index contributed by atoms with van der Waals surface area (Å²) in [6.45, 7) is 0.364. The van der Waals surface area contributed by atoms with Crippen molar-refractivity contribution < 1.29 is 9.59 Å². The summed E-state index contributed by atoms with van der Waals surface area (Å²) in [6, 6.07) is 20.7. The molecule has 4 nitrogen and oxygen atoms in total. The molecule has 1 saturated heterocycles. The van der Waals surface area contributed by atoms with E-state index in [1.54, 1.807) is 33.7 Å². The third kappa shape index (κ3) is 5.01. The summed E-state index contributed by atoms with van der Waals surface area (Å²) in [4.78, 5) is 32.2. The Morgan fingerprint density at radius 3 is 2.51 bits per heavy atom. The molecule has 0 aliphatic carbocycles. The number of thioether (sulfide) groups is 1. The van der Waals surface area contributed by atoms with Gasteiger partial charge in [0.2, 0.25) is 5.91 Å². The Hall–Kier alpha value is -2.29. The van der Waals surface area contributed by atoms with E-state index in [0.717, 1.165) is 26.7 Å². The molecule has 2 aliphatic rings. The van der Waals surface area contributed by atoms with Crippen molar-refractivity contribution in [3.05, 3.63) is 87.2 Å². The molecule has 0 unspecified atom stereocenters. The highest BCUT2D eigenvalue weighted by molar-refractivity contribution is 8.26. The number of nitrogens with zero attached hydrogens (tertiary/aromatic N) is 2. The van der Waals surface area contributed by atoms with Crippen LogP contribution >= 0.6 is 58.9 Å². The predicted octanol–water partition coefficient (Wildman–Crippen LogP) is 7.80. The Bertz CT molecular complexity index is 1390. The fourth-order valence-electron chi connectivity index (χ4n) is 3.92. The van der Waals surface area contributed by atoms with Gasteiger partial charge in [-0.15, -0.1) is 0 Å². The smallest absolute Gasteiger partial charge is 0.266 e. The monoisotopic (exact) mass is 556 g/mol. The number of anilines is 2. The number of hydrogen-bond acceptors (Lipinski definition) is 5. The molecule has 9 heteroatoms. The van der Waals surface area contributed by atoms with Gasteiger partial charge in [-0.25, -0.2) is 0 Å². The fourth-order valence-corrected chi connectivity index (χ4v) is 6.62. The van der Waals surface area contributed by atoms with E-state index in [0.29, 0.717) is 32.2 Å². The highest BCUT2D eigenvalue weighted by atomic mass is 35.5. The van der Waals surface area contributed by atoms with Crippen molar-refractivity contribution >= 4 is 92.5 Å². The Morgan fingerprint density at radius 1 is 0.943 bits per heavy atom. The molecular weight excluding hydrogens is 539 g/mol. The van der Waals surface area contributed by atoms with E-state index in [1.807, 2.05) is 60.7 Å². The fraction of sp³-hybridized carbons (Fsp3) is 0.115. The molecular formula is C26H18Cl2N2O2S3. The van der Waals surface area contributed by atoms with Crippen LogP contribution in [0.15, 0.2) is 81.4 Å². The Kier molecular flexibility index (Phi) is 7.23. The van der Waals surface area contributed by atoms with Gasteiger partial charge in [0.25, 0.3) is 5.91 Å². The van der Waals surface area contributed by atoms with E-state index in [-0.39, 0.29) is 18.2 Å². The van der Waals surface area contributed by atoms with Crippen LogP contribution in [0.3, 0.4) is 0 Å². The topological polar surface area (TPSA) is 40.6 Å². The minimum atomic E-state index is -0.163. The lowest BCUT2D eigenvalue weighted by Gasteiger charge is -2.31. The number of thiocarbonyl (C=S) groups is 1. The number of fused-ring (bicyclic) bond motifs is 2. The lowest BCUT2D eigenvalue weighted by atomic mass is 10.1. The first kappa shape index (κ1) is 24.4. The van der Waals surface area contributed by atoms with Gasteiger partial charge in [-0.1, -0.05) is 89.3 Å². The number of benzene rings is 3. The van der Waals surface area contributed by atoms with Crippen LogP contribution in [0.2, 0.25) is 10.0 Å². The molecule has 0 radical (unpaired) electrons. The Morgan fingerprint density at radius 2 is 1.69 bits per heavy atom. The minimum Gasteiger partial charge on any atom is -0.293 e. The van der Waals surface area contributed by atoms with Gasteiger partial charge in [0.05, 0.1) is 16.3 Å². The lowest BCUT2D eigenvalue weighted by molar-refractivity contribution is -0.123. The van der Waals surface area contributed by atoms with Crippen LogP contribution in [0.1, 0.15) is 18.4 Å². The second-order valence-corrected chi connectivity index (χ2v) is 11.5. The number of amides is 2. The molecule has 0 aromatic heterocycles. The molecule has 5 rings (SSSR count). The van der Waals surface area contributed by atoms with Gasteiger partial charge in [-0.05, 0) is 54.5 Å². The van der Waals surface area contributed by atoms with Crippen LogP contribution in [0.4, 0.5) is 11.4 Å². The first-order valence-corrected chi connectivity index (χ1v) is 13.6. The minimum absolute atomic E-state index is 0.0571. The Balaban J connectivity index is 1.30. The van der Waals surface area contributed by atoms with Crippen molar-refractivity contribution in [3.63, 3.8) is 0 Å². The zero-order valence-electron chi connectivity index (χ0n) is 18.2. The van der Waals surface area contributed by atoms with Crippen molar-refractivity contribution in [1.82, 2.24) is 4.90 Å². The summed E-state index contributed by atoms with van der Waals surface area (Å²) in [5.74, 6) is -0.220.